The molecule has 0 amide bonds. The second-order valence-corrected chi connectivity index (χ2v) is 14.2. The van der Waals surface area contributed by atoms with E-state index in [0.29, 0.717) is 5.95 Å². The van der Waals surface area contributed by atoms with Gasteiger partial charge in [-0.15, -0.1) is 0 Å². The molecule has 3 heteroatoms. The van der Waals surface area contributed by atoms with Crippen molar-refractivity contribution < 1.29 is 0 Å². The normalized spacial score (nSPS) is 15.1. The topological polar surface area (TPSA) is 30.7 Å². The highest BCUT2D eigenvalue weighted by Crippen LogP contribution is 2.63. The lowest BCUT2D eigenvalue weighted by atomic mass is 9.76. The molecular weight excluding hydrogens is 571 g/mol. The van der Waals surface area contributed by atoms with E-state index in [4.69, 9.17) is 9.97 Å². The lowest BCUT2D eigenvalue weighted by molar-refractivity contribution is 0.658. The fourth-order valence-corrected chi connectivity index (χ4v) is 8.95. The van der Waals surface area contributed by atoms with Crippen LogP contribution in [0.3, 0.4) is 0 Å². The lowest BCUT2D eigenvalue weighted by Crippen LogP contribution is -2.19. The molecule has 0 bridgehead atoms. The minimum Gasteiger partial charge on any atom is -0.278 e. The molecule has 0 radical (unpaired) electrons. The number of hydrogen-bond donors (Lipinski definition) is 0. The fourth-order valence-electron chi connectivity index (χ4n) is 8.95. The minimum absolute atomic E-state index is 0.199. The third-order valence-corrected chi connectivity index (χ3v) is 10.9. The molecule has 8 aromatic rings. The van der Waals surface area contributed by atoms with Crippen LogP contribution in [0.4, 0.5) is 0 Å². The summed E-state index contributed by atoms with van der Waals surface area (Å²) in [6.07, 6.45) is 0. The molecule has 47 heavy (non-hydrogen) atoms. The predicted octanol–water partition coefficient (Wildman–Crippen LogP) is 11.0. The molecule has 2 aromatic heterocycles. The Morgan fingerprint density at radius 1 is 0.511 bits per heavy atom. The van der Waals surface area contributed by atoms with Gasteiger partial charge in [-0.3, -0.25) is 4.57 Å². The van der Waals surface area contributed by atoms with Gasteiger partial charge in [0, 0.05) is 32.6 Å². The molecule has 0 aliphatic heterocycles. The van der Waals surface area contributed by atoms with Crippen molar-refractivity contribution >= 4 is 32.7 Å². The molecule has 0 fully saturated rings. The van der Waals surface area contributed by atoms with Crippen molar-refractivity contribution in [2.24, 2.45) is 0 Å². The summed E-state index contributed by atoms with van der Waals surface area (Å²) >= 11 is 0. The summed E-state index contributed by atoms with van der Waals surface area (Å²) < 4.78 is 2.38. The number of rotatable bonds is 2. The standard InChI is InChI=1S/C44H33N3/c1-43(2)31-22-12-8-18-27(31)35-36-28-19-9-13-23-32(28)44(3,4)39(36)41-37(38(35)43)30-21-11-15-25-34(30)47(41)42-45-33-24-14-10-20-29(33)40(46-42)26-16-6-5-7-17-26/h5-25H,1-4H3. The Hall–Kier alpha value is -5.54. The second-order valence-electron chi connectivity index (χ2n) is 14.2. The Bertz CT molecular complexity index is 2620. The highest BCUT2D eigenvalue weighted by Gasteiger charge is 2.47. The van der Waals surface area contributed by atoms with Crippen molar-refractivity contribution in [1.82, 2.24) is 14.5 Å². The average Bonchev–Trinajstić information content (AvgIpc) is 3.65. The number of fused-ring (bicyclic) bond motifs is 13. The summed E-state index contributed by atoms with van der Waals surface area (Å²) in [6, 6.07) is 45.9. The van der Waals surface area contributed by atoms with Gasteiger partial charge >= 0.3 is 0 Å². The SMILES string of the molecule is CC1(C)c2ccccc2-c2c3c(c4c(c21)c1ccccc1n4-c1nc(-c2ccccc2)c2ccccc2n1)C(C)(C)c1ccccc1-3. The Morgan fingerprint density at radius 3 is 1.79 bits per heavy atom. The highest BCUT2D eigenvalue weighted by atomic mass is 15.2. The first-order chi connectivity index (χ1) is 22.9. The van der Waals surface area contributed by atoms with Crippen molar-refractivity contribution in [2.75, 3.05) is 0 Å². The number of nitrogens with zero attached hydrogens (tertiary/aromatic N) is 3. The Kier molecular flexibility index (Phi) is 5.13. The van der Waals surface area contributed by atoms with Gasteiger partial charge in [0.2, 0.25) is 5.95 Å². The first kappa shape index (κ1) is 26.7. The molecule has 0 N–H and O–H groups in total. The van der Waals surface area contributed by atoms with Gasteiger partial charge < -0.3 is 0 Å². The Morgan fingerprint density at radius 2 is 1.06 bits per heavy atom. The van der Waals surface area contributed by atoms with Crippen LogP contribution < -0.4 is 0 Å². The van der Waals surface area contributed by atoms with Crippen LogP contribution in [0.1, 0.15) is 49.9 Å². The third kappa shape index (κ3) is 3.31. The van der Waals surface area contributed by atoms with E-state index in [1.165, 1.54) is 60.8 Å². The zero-order chi connectivity index (χ0) is 31.7. The molecule has 0 saturated heterocycles. The molecule has 2 heterocycles. The van der Waals surface area contributed by atoms with Gasteiger partial charge in [0.1, 0.15) is 0 Å². The maximum absolute atomic E-state index is 5.46. The van der Waals surface area contributed by atoms with E-state index >= 15 is 0 Å². The Balaban J connectivity index is 1.46. The summed E-state index contributed by atoms with van der Waals surface area (Å²) in [5, 5.41) is 3.61. The molecule has 6 aromatic carbocycles. The number of para-hydroxylation sites is 2. The average molecular weight is 604 g/mol. The minimum atomic E-state index is -0.244. The summed E-state index contributed by atoms with van der Waals surface area (Å²) in [7, 11) is 0. The van der Waals surface area contributed by atoms with E-state index in [-0.39, 0.29) is 10.8 Å². The van der Waals surface area contributed by atoms with E-state index < -0.39 is 0 Å². The zero-order valence-electron chi connectivity index (χ0n) is 27.0. The summed E-state index contributed by atoms with van der Waals surface area (Å²) in [5.41, 5.74) is 15.8. The van der Waals surface area contributed by atoms with Crippen molar-refractivity contribution in [1.29, 1.82) is 0 Å². The number of aromatic nitrogens is 3. The summed E-state index contributed by atoms with van der Waals surface area (Å²) in [4.78, 5) is 10.8. The third-order valence-electron chi connectivity index (χ3n) is 10.9. The van der Waals surface area contributed by atoms with E-state index in [2.05, 4.69) is 160 Å². The zero-order valence-corrected chi connectivity index (χ0v) is 27.0. The first-order valence-corrected chi connectivity index (χ1v) is 16.5. The van der Waals surface area contributed by atoms with Crippen LogP contribution >= 0.6 is 0 Å². The molecule has 0 unspecified atom stereocenters. The van der Waals surface area contributed by atoms with Crippen molar-refractivity contribution in [3.05, 3.63) is 150 Å². The van der Waals surface area contributed by atoms with E-state index in [1.54, 1.807) is 0 Å². The van der Waals surface area contributed by atoms with E-state index in [1.807, 2.05) is 0 Å². The first-order valence-electron chi connectivity index (χ1n) is 16.5. The maximum atomic E-state index is 5.46. The van der Waals surface area contributed by atoms with Crippen molar-refractivity contribution in [2.45, 2.75) is 38.5 Å². The fraction of sp³-hybridized carbons (Fsp3) is 0.136. The van der Waals surface area contributed by atoms with Crippen LogP contribution in [0.15, 0.2) is 127 Å². The number of benzene rings is 6. The quantitative estimate of drug-likeness (QED) is 0.197. The van der Waals surface area contributed by atoms with Gasteiger partial charge in [-0.2, -0.15) is 0 Å². The maximum Gasteiger partial charge on any atom is 0.235 e. The van der Waals surface area contributed by atoms with Gasteiger partial charge in [-0.05, 0) is 56.6 Å². The van der Waals surface area contributed by atoms with Gasteiger partial charge in [0.25, 0.3) is 0 Å². The molecular formula is C44H33N3. The van der Waals surface area contributed by atoms with E-state index in [0.717, 1.165) is 27.7 Å². The van der Waals surface area contributed by atoms with Crippen LogP contribution in [-0.4, -0.2) is 14.5 Å². The van der Waals surface area contributed by atoms with Gasteiger partial charge in [-0.25, -0.2) is 9.97 Å². The van der Waals surface area contributed by atoms with Gasteiger partial charge in [0.15, 0.2) is 0 Å². The molecule has 0 spiro atoms. The van der Waals surface area contributed by atoms with Crippen LogP contribution in [0.5, 0.6) is 0 Å². The van der Waals surface area contributed by atoms with Gasteiger partial charge in [0.05, 0.1) is 22.2 Å². The van der Waals surface area contributed by atoms with Crippen LogP contribution in [0.2, 0.25) is 0 Å². The number of hydrogen-bond acceptors (Lipinski definition) is 2. The highest BCUT2D eigenvalue weighted by molar-refractivity contribution is 6.20. The lowest BCUT2D eigenvalue weighted by Gasteiger charge is -2.27. The van der Waals surface area contributed by atoms with Gasteiger partial charge in [-0.1, -0.05) is 143 Å². The molecule has 0 saturated carbocycles. The largest absolute Gasteiger partial charge is 0.278 e. The van der Waals surface area contributed by atoms with Crippen LogP contribution in [0.25, 0.3) is 72.2 Å². The molecule has 2 aliphatic carbocycles. The summed E-state index contributed by atoms with van der Waals surface area (Å²) in [6.45, 7) is 9.60. The van der Waals surface area contributed by atoms with E-state index in [9.17, 15) is 0 Å². The molecule has 0 atom stereocenters. The molecule has 224 valence electrons. The monoisotopic (exact) mass is 603 g/mol. The Labute approximate surface area is 274 Å². The molecule has 3 nitrogen and oxygen atoms in total. The molecule has 10 rings (SSSR count). The smallest absolute Gasteiger partial charge is 0.235 e. The van der Waals surface area contributed by atoms with Crippen LogP contribution in [0, 0.1) is 0 Å². The van der Waals surface area contributed by atoms with Crippen molar-refractivity contribution in [3.63, 3.8) is 0 Å². The van der Waals surface area contributed by atoms with Crippen molar-refractivity contribution in [3.8, 4) is 39.5 Å². The molecule has 2 aliphatic rings. The summed E-state index contributed by atoms with van der Waals surface area (Å²) in [5.74, 6) is 0.705. The predicted molar refractivity (Wildman–Crippen MR) is 194 cm³/mol. The second kappa shape index (κ2) is 9.04. The van der Waals surface area contributed by atoms with Crippen LogP contribution in [-0.2, 0) is 10.8 Å².